The van der Waals surface area contributed by atoms with Crippen molar-refractivity contribution in [1.29, 1.82) is 0 Å². The lowest BCUT2D eigenvalue weighted by atomic mass is 10.3. The van der Waals surface area contributed by atoms with Gasteiger partial charge in [0, 0.05) is 22.8 Å². The first-order chi connectivity index (χ1) is 8.15. The lowest BCUT2D eigenvalue weighted by Crippen LogP contribution is -2.18. The summed E-state index contributed by atoms with van der Waals surface area (Å²) >= 11 is 3.35. The molecule has 0 fully saturated rings. The van der Waals surface area contributed by atoms with Crippen LogP contribution >= 0.6 is 15.9 Å². The van der Waals surface area contributed by atoms with E-state index in [1.54, 1.807) is 19.2 Å². The number of carbonyl (C=O) groups excluding carboxylic acids is 1. The van der Waals surface area contributed by atoms with Gasteiger partial charge in [0.05, 0.1) is 7.11 Å². The van der Waals surface area contributed by atoms with E-state index in [1.165, 1.54) is 0 Å². The Labute approximate surface area is 109 Å². The van der Waals surface area contributed by atoms with Crippen molar-refractivity contribution in [2.45, 2.75) is 13.3 Å². The smallest absolute Gasteiger partial charge is 0.250 e. The van der Waals surface area contributed by atoms with Gasteiger partial charge in [-0.05, 0) is 18.6 Å². The molecule has 0 spiro atoms. The molecule has 0 aliphatic rings. The fraction of sp³-hybridized carbons (Fsp3) is 0.417. The molecule has 0 aliphatic heterocycles. The Balaban J connectivity index is 2.55. The standard InChI is InChI=1S/C12H16BrNO3/c1-3-4-17-8-12(15)14-10-5-9(13)6-11(7-10)16-2/h5-7H,3-4,8H2,1-2H3,(H,14,15). The van der Waals surface area contributed by atoms with Crippen molar-refractivity contribution in [3.8, 4) is 5.75 Å². The summed E-state index contributed by atoms with van der Waals surface area (Å²) in [5, 5.41) is 2.74. The molecule has 0 saturated carbocycles. The largest absolute Gasteiger partial charge is 0.497 e. The highest BCUT2D eigenvalue weighted by Crippen LogP contribution is 2.24. The lowest BCUT2D eigenvalue weighted by molar-refractivity contribution is -0.120. The maximum Gasteiger partial charge on any atom is 0.250 e. The van der Waals surface area contributed by atoms with Crippen LogP contribution in [0.2, 0.25) is 0 Å². The van der Waals surface area contributed by atoms with Crippen LogP contribution < -0.4 is 10.1 Å². The summed E-state index contributed by atoms with van der Waals surface area (Å²) in [5.41, 5.74) is 0.682. The van der Waals surface area contributed by atoms with Crippen LogP contribution in [-0.2, 0) is 9.53 Å². The van der Waals surface area contributed by atoms with Crippen LogP contribution in [0.4, 0.5) is 5.69 Å². The van der Waals surface area contributed by atoms with Crippen molar-refractivity contribution in [1.82, 2.24) is 0 Å². The Morgan fingerprint density at radius 2 is 2.18 bits per heavy atom. The minimum absolute atomic E-state index is 0.0721. The van der Waals surface area contributed by atoms with Gasteiger partial charge in [-0.1, -0.05) is 22.9 Å². The first-order valence-electron chi connectivity index (χ1n) is 5.38. The number of halogens is 1. The van der Waals surface area contributed by atoms with E-state index in [0.29, 0.717) is 18.0 Å². The molecule has 1 rings (SSSR count). The second kappa shape index (κ2) is 7.29. The minimum atomic E-state index is -0.168. The van der Waals surface area contributed by atoms with Gasteiger partial charge in [0.15, 0.2) is 0 Å². The molecule has 5 heteroatoms. The molecule has 0 saturated heterocycles. The maximum absolute atomic E-state index is 11.5. The molecule has 1 aromatic rings. The van der Waals surface area contributed by atoms with Gasteiger partial charge >= 0.3 is 0 Å². The molecule has 1 amide bonds. The van der Waals surface area contributed by atoms with E-state index in [4.69, 9.17) is 9.47 Å². The van der Waals surface area contributed by atoms with Gasteiger partial charge in [-0.25, -0.2) is 0 Å². The Morgan fingerprint density at radius 3 is 2.82 bits per heavy atom. The van der Waals surface area contributed by atoms with E-state index in [0.717, 1.165) is 10.9 Å². The van der Waals surface area contributed by atoms with Crippen molar-refractivity contribution in [2.75, 3.05) is 25.6 Å². The van der Waals surface area contributed by atoms with Crippen molar-refractivity contribution in [2.24, 2.45) is 0 Å². The van der Waals surface area contributed by atoms with E-state index in [1.807, 2.05) is 13.0 Å². The van der Waals surface area contributed by atoms with Crippen LogP contribution in [0.15, 0.2) is 22.7 Å². The third-order valence-corrected chi connectivity index (χ3v) is 2.43. The molecule has 0 unspecified atom stereocenters. The molecule has 0 aromatic heterocycles. The van der Waals surface area contributed by atoms with Crippen LogP contribution in [0, 0.1) is 0 Å². The molecule has 0 aliphatic carbocycles. The van der Waals surface area contributed by atoms with Crippen LogP contribution in [0.5, 0.6) is 5.75 Å². The molecular weight excluding hydrogens is 286 g/mol. The van der Waals surface area contributed by atoms with Gasteiger partial charge in [0.25, 0.3) is 0 Å². The van der Waals surface area contributed by atoms with E-state index in [2.05, 4.69) is 21.2 Å². The number of benzene rings is 1. The molecule has 0 radical (unpaired) electrons. The number of nitrogens with one attached hydrogen (secondary N) is 1. The molecule has 0 heterocycles. The van der Waals surface area contributed by atoms with Gasteiger partial charge < -0.3 is 14.8 Å². The second-order valence-corrected chi connectivity index (χ2v) is 4.40. The fourth-order valence-corrected chi connectivity index (χ4v) is 1.73. The zero-order valence-electron chi connectivity index (χ0n) is 9.96. The Kier molecular flexibility index (Phi) is 6.00. The van der Waals surface area contributed by atoms with Crippen molar-refractivity contribution in [3.05, 3.63) is 22.7 Å². The van der Waals surface area contributed by atoms with Crippen molar-refractivity contribution >= 4 is 27.5 Å². The van der Waals surface area contributed by atoms with Crippen LogP contribution in [0.3, 0.4) is 0 Å². The number of rotatable bonds is 6. The molecule has 17 heavy (non-hydrogen) atoms. The van der Waals surface area contributed by atoms with Gasteiger partial charge in [-0.15, -0.1) is 0 Å². The summed E-state index contributed by atoms with van der Waals surface area (Å²) in [6.45, 7) is 2.66. The van der Waals surface area contributed by atoms with E-state index in [-0.39, 0.29) is 12.5 Å². The number of carbonyl (C=O) groups is 1. The minimum Gasteiger partial charge on any atom is -0.497 e. The fourth-order valence-electron chi connectivity index (χ4n) is 1.26. The summed E-state index contributed by atoms with van der Waals surface area (Å²) in [5.74, 6) is 0.516. The number of amides is 1. The monoisotopic (exact) mass is 301 g/mol. The molecule has 94 valence electrons. The summed E-state index contributed by atoms with van der Waals surface area (Å²) < 4.78 is 11.1. The number of anilines is 1. The second-order valence-electron chi connectivity index (χ2n) is 3.48. The van der Waals surface area contributed by atoms with E-state index < -0.39 is 0 Å². The molecule has 0 bridgehead atoms. The summed E-state index contributed by atoms with van der Waals surface area (Å²) in [6, 6.07) is 5.38. The quantitative estimate of drug-likeness (QED) is 0.822. The average molecular weight is 302 g/mol. The van der Waals surface area contributed by atoms with Crippen molar-refractivity contribution < 1.29 is 14.3 Å². The van der Waals surface area contributed by atoms with Crippen LogP contribution in [0.25, 0.3) is 0 Å². The maximum atomic E-state index is 11.5. The Bertz CT molecular complexity index is 382. The third kappa shape index (κ3) is 5.19. The van der Waals surface area contributed by atoms with Gasteiger partial charge in [0.1, 0.15) is 12.4 Å². The topological polar surface area (TPSA) is 47.6 Å². The van der Waals surface area contributed by atoms with E-state index >= 15 is 0 Å². The zero-order valence-corrected chi connectivity index (χ0v) is 11.5. The number of hydrogen-bond acceptors (Lipinski definition) is 3. The van der Waals surface area contributed by atoms with Gasteiger partial charge in [-0.2, -0.15) is 0 Å². The highest BCUT2D eigenvalue weighted by molar-refractivity contribution is 9.10. The number of methoxy groups -OCH3 is 1. The zero-order chi connectivity index (χ0) is 12.7. The SMILES string of the molecule is CCCOCC(=O)Nc1cc(Br)cc(OC)c1. The Morgan fingerprint density at radius 1 is 1.41 bits per heavy atom. The highest BCUT2D eigenvalue weighted by Gasteiger charge is 2.04. The first-order valence-corrected chi connectivity index (χ1v) is 6.17. The molecular formula is C12H16BrNO3. The van der Waals surface area contributed by atoms with Crippen molar-refractivity contribution in [3.63, 3.8) is 0 Å². The van der Waals surface area contributed by atoms with Crippen LogP contribution in [0.1, 0.15) is 13.3 Å². The summed E-state index contributed by atoms with van der Waals surface area (Å²) in [4.78, 5) is 11.5. The summed E-state index contributed by atoms with van der Waals surface area (Å²) in [6.07, 6.45) is 0.901. The normalized spacial score (nSPS) is 10.1. The molecule has 0 atom stereocenters. The van der Waals surface area contributed by atoms with E-state index in [9.17, 15) is 4.79 Å². The number of hydrogen-bond donors (Lipinski definition) is 1. The summed E-state index contributed by atoms with van der Waals surface area (Å²) in [7, 11) is 1.58. The molecule has 1 aromatic carbocycles. The van der Waals surface area contributed by atoms with Crippen LogP contribution in [-0.4, -0.2) is 26.2 Å². The third-order valence-electron chi connectivity index (χ3n) is 1.97. The Hall–Kier alpha value is -1.07. The van der Waals surface area contributed by atoms with Gasteiger partial charge in [-0.3, -0.25) is 4.79 Å². The molecule has 1 N–H and O–H groups in total. The van der Waals surface area contributed by atoms with Gasteiger partial charge in [0.2, 0.25) is 5.91 Å². The first kappa shape index (κ1) is 14.0. The average Bonchev–Trinajstić information content (AvgIpc) is 2.28. The molecule has 4 nitrogen and oxygen atoms in total. The number of ether oxygens (including phenoxy) is 2. The highest BCUT2D eigenvalue weighted by atomic mass is 79.9. The lowest BCUT2D eigenvalue weighted by Gasteiger charge is -2.08. The predicted molar refractivity (Wildman–Crippen MR) is 70.4 cm³/mol. The predicted octanol–water partition coefficient (Wildman–Crippen LogP) is 2.82.